The highest BCUT2D eigenvalue weighted by Crippen LogP contribution is 2.75. The fourth-order valence-corrected chi connectivity index (χ4v) is 12.1. The van der Waals surface area contributed by atoms with Crippen LogP contribution in [0.25, 0.3) is 0 Å². The largest absolute Gasteiger partial charge is 0.465 e. The molecule has 4 aliphatic carbocycles. The van der Waals surface area contributed by atoms with E-state index in [0.717, 1.165) is 64.3 Å². The van der Waals surface area contributed by atoms with Gasteiger partial charge >= 0.3 is 5.97 Å². The molecule has 4 fully saturated rings. The van der Waals surface area contributed by atoms with E-state index < -0.39 is 0 Å². The van der Waals surface area contributed by atoms with Crippen molar-refractivity contribution in [2.24, 2.45) is 62.4 Å². The highest BCUT2D eigenvalue weighted by molar-refractivity contribution is 5.75. The number of hydrogen-bond acceptors (Lipinski definition) is 7. The fourth-order valence-electron chi connectivity index (χ4n) is 12.1. The molecule has 1 aliphatic heterocycles. The molecule has 0 radical (unpaired) electrons. The lowest BCUT2D eigenvalue weighted by Crippen LogP contribution is -2.70. The van der Waals surface area contributed by atoms with E-state index in [1.165, 1.54) is 0 Å². The van der Waals surface area contributed by atoms with Crippen LogP contribution in [0.4, 0.5) is 0 Å². The summed E-state index contributed by atoms with van der Waals surface area (Å²) in [5.74, 6) is 1.59. The van der Waals surface area contributed by atoms with E-state index in [2.05, 4.69) is 61.5 Å². The minimum absolute atomic E-state index is 0.0302. The van der Waals surface area contributed by atoms with Crippen molar-refractivity contribution in [3.63, 3.8) is 0 Å². The molecule has 0 aromatic heterocycles. The molecule has 0 aromatic rings. The smallest absolute Gasteiger partial charge is 0.310 e. The molecule has 5 aliphatic rings. The Morgan fingerprint density at radius 1 is 1.11 bits per heavy atom. The van der Waals surface area contributed by atoms with Gasteiger partial charge in [0.1, 0.15) is 6.29 Å². The third-order valence-corrected chi connectivity index (χ3v) is 15.2. The van der Waals surface area contributed by atoms with Crippen molar-refractivity contribution in [2.45, 2.75) is 138 Å². The number of allylic oxidation sites excluding steroid dienone is 1. The van der Waals surface area contributed by atoms with Gasteiger partial charge in [-0.3, -0.25) is 4.79 Å². The minimum Gasteiger partial charge on any atom is -0.465 e. The van der Waals surface area contributed by atoms with Gasteiger partial charge in [-0.25, -0.2) is 0 Å². The quantitative estimate of drug-likeness (QED) is 0.0946. The maximum Gasteiger partial charge on any atom is 0.310 e. The summed E-state index contributed by atoms with van der Waals surface area (Å²) in [6.45, 7) is 21.2. The first kappa shape index (κ1) is 37.0. The first-order valence-electron chi connectivity index (χ1n) is 19.0. The van der Waals surface area contributed by atoms with Crippen molar-refractivity contribution < 1.29 is 28.5 Å². The Morgan fingerprint density at radius 3 is 2.51 bits per heavy atom. The Labute approximate surface area is 285 Å². The Kier molecular flexibility index (Phi) is 10.9. The summed E-state index contributed by atoms with van der Waals surface area (Å²) in [5, 5.41) is 0. The van der Waals surface area contributed by atoms with E-state index in [1.807, 2.05) is 7.11 Å². The van der Waals surface area contributed by atoms with Gasteiger partial charge in [0.15, 0.2) is 0 Å². The zero-order valence-corrected chi connectivity index (χ0v) is 31.2. The number of esters is 1. The standard InChI is InChI=1S/C40H67NO6/c1-10-11-21-46-35(43)33-36(5,27(4)26(2)3)18-19-38(7)29-14-15-32-37(6)24-45-25-40(32,30(29)16-17-39(33,38)8)22-31(44-9)34(37)47-23-28(41)13-12-20-42/h16,20,26-29,31-34H,10-15,17-19,21-25,41H2,1-9H3/t27-,28?,29+,31-,32+,33-,34+,36-,37+,38-,39+,40?/m1/s1. The van der Waals surface area contributed by atoms with Gasteiger partial charge in [0.2, 0.25) is 0 Å². The molecule has 0 amide bonds. The molecule has 7 nitrogen and oxygen atoms in total. The Bertz CT molecular complexity index is 1170. The zero-order chi connectivity index (χ0) is 34.4. The van der Waals surface area contributed by atoms with E-state index in [4.69, 9.17) is 24.7 Å². The van der Waals surface area contributed by atoms with Crippen LogP contribution in [0.5, 0.6) is 0 Å². The molecular formula is C40H67NO6. The molecule has 268 valence electrons. The van der Waals surface area contributed by atoms with E-state index in [-0.39, 0.29) is 57.2 Å². The summed E-state index contributed by atoms with van der Waals surface area (Å²) < 4.78 is 25.8. The van der Waals surface area contributed by atoms with Gasteiger partial charge < -0.3 is 29.5 Å². The third-order valence-electron chi connectivity index (χ3n) is 15.2. The summed E-state index contributed by atoms with van der Waals surface area (Å²) in [6.07, 6.45) is 12.5. The average Bonchev–Trinajstić information content (AvgIpc) is 3.03. The molecule has 2 unspecified atom stereocenters. The maximum absolute atomic E-state index is 14.4. The predicted molar refractivity (Wildman–Crippen MR) is 186 cm³/mol. The fraction of sp³-hybridized carbons (Fsp3) is 0.900. The first-order chi connectivity index (χ1) is 22.2. The van der Waals surface area contributed by atoms with Crippen LogP contribution in [0.1, 0.15) is 120 Å². The summed E-state index contributed by atoms with van der Waals surface area (Å²) in [6, 6.07) is -0.177. The minimum atomic E-state index is -0.210. The average molecular weight is 658 g/mol. The molecular weight excluding hydrogens is 590 g/mol. The van der Waals surface area contributed by atoms with Gasteiger partial charge in [-0.2, -0.15) is 0 Å². The van der Waals surface area contributed by atoms with Crippen LogP contribution in [0.15, 0.2) is 11.6 Å². The molecule has 47 heavy (non-hydrogen) atoms. The molecule has 2 bridgehead atoms. The molecule has 12 atom stereocenters. The molecule has 0 aromatic carbocycles. The van der Waals surface area contributed by atoms with Gasteiger partial charge in [0.25, 0.3) is 0 Å². The lowest BCUT2D eigenvalue weighted by atomic mass is 9.34. The summed E-state index contributed by atoms with van der Waals surface area (Å²) in [4.78, 5) is 25.3. The number of hydrogen-bond donors (Lipinski definition) is 1. The number of carbonyl (C=O) groups excluding carboxylic acids is 2. The van der Waals surface area contributed by atoms with Gasteiger partial charge in [-0.1, -0.05) is 73.5 Å². The lowest BCUT2D eigenvalue weighted by Gasteiger charge is -2.71. The van der Waals surface area contributed by atoms with Crippen LogP contribution in [0.3, 0.4) is 0 Å². The van der Waals surface area contributed by atoms with Crippen molar-refractivity contribution in [2.75, 3.05) is 33.5 Å². The third kappa shape index (κ3) is 5.79. The van der Waals surface area contributed by atoms with Crippen LogP contribution in [0.2, 0.25) is 0 Å². The number of ether oxygens (including phenoxy) is 4. The van der Waals surface area contributed by atoms with Gasteiger partial charge in [-0.15, -0.1) is 0 Å². The zero-order valence-electron chi connectivity index (χ0n) is 31.2. The van der Waals surface area contributed by atoms with E-state index in [0.29, 0.717) is 56.3 Å². The topological polar surface area (TPSA) is 97.1 Å². The summed E-state index contributed by atoms with van der Waals surface area (Å²) >= 11 is 0. The second kappa shape index (κ2) is 13.8. The van der Waals surface area contributed by atoms with E-state index >= 15 is 0 Å². The number of nitrogens with two attached hydrogens (primary N) is 1. The van der Waals surface area contributed by atoms with Crippen LogP contribution in [-0.2, 0) is 28.5 Å². The van der Waals surface area contributed by atoms with Gasteiger partial charge in [0, 0.05) is 30.4 Å². The number of fused-ring (bicyclic) bond motifs is 3. The number of rotatable bonds is 13. The van der Waals surface area contributed by atoms with Crippen LogP contribution in [0, 0.1) is 56.7 Å². The summed E-state index contributed by atoms with van der Waals surface area (Å²) in [7, 11) is 1.82. The predicted octanol–water partition coefficient (Wildman–Crippen LogP) is 7.54. The van der Waals surface area contributed by atoms with E-state index in [9.17, 15) is 9.59 Å². The first-order valence-corrected chi connectivity index (χ1v) is 19.0. The van der Waals surface area contributed by atoms with E-state index in [1.54, 1.807) is 5.57 Å². The molecule has 1 saturated heterocycles. The second-order valence-corrected chi connectivity index (χ2v) is 17.8. The van der Waals surface area contributed by atoms with Crippen molar-refractivity contribution in [3.8, 4) is 0 Å². The number of unbranched alkanes of at least 4 members (excludes halogenated alkanes) is 1. The second-order valence-electron chi connectivity index (χ2n) is 17.8. The normalized spacial score (nSPS) is 44.0. The van der Waals surface area contributed by atoms with Gasteiger partial charge in [0.05, 0.1) is 44.6 Å². The molecule has 2 N–H and O–H groups in total. The van der Waals surface area contributed by atoms with Crippen molar-refractivity contribution in [1.29, 1.82) is 0 Å². The SMILES string of the molecule is CCCCOC(=O)[C@@H]1[C@@](C)([C@H](C)C(C)C)CC[C@]2(C)[C@H]3CC[C@@H]4C5(COC[C@]4(C)[C@@H](OCC(N)CCC=O)[C@H](OC)C5)C3=CC[C@@]12C. The van der Waals surface area contributed by atoms with Crippen LogP contribution >= 0.6 is 0 Å². The van der Waals surface area contributed by atoms with Crippen molar-refractivity contribution in [3.05, 3.63) is 11.6 Å². The highest BCUT2D eigenvalue weighted by atomic mass is 16.5. The van der Waals surface area contributed by atoms with Gasteiger partial charge in [-0.05, 0) is 91.3 Å². The number of methoxy groups -OCH3 is 1. The Hall–Kier alpha value is -1.28. The van der Waals surface area contributed by atoms with Crippen molar-refractivity contribution >= 4 is 12.3 Å². The lowest BCUT2D eigenvalue weighted by molar-refractivity contribution is -0.267. The molecule has 3 saturated carbocycles. The number of aldehydes is 1. The Balaban J connectivity index is 1.52. The summed E-state index contributed by atoms with van der Waals surface area (Å²) in [5.41, 5.74) is 7.26. The molecule has 0 spiro atoms. The highest BCUT2D eigenvalue weighted by Gasteiger charge is 2.72. The molecule has 7 heteroatoms. The maximum atomic E-state index is 14.4. The van der Waals surface area contributed by atoms with Crippen molar-refractivity contribution in [1.82, 2.24) is 0 Å². The molecule has 5 rings (SSSR count). The Morgan fingerprint density at radius 2 is 1.85 bits per heavy atom. The molecule has 1 heterocycles. The monoisotopic (exact) mass is 657 g/mol. The number of carbonyl (C=O) groups is 2. The van der Waals surface area contributed by atoms with Crippen LogP contribution < -0.4 is 5.73 Å². The van der Waals surface area contributed by atoms with Crippen LogP contribution in [-0.4, -0.2) is 64.0 Å².